The number of hydrogen-bond acceptors (Lipinski definition) is 7. The molecule has 10 heteroatoms. The molecule has 2 atom stereocenters. The lowest BCUT2D eigenvalue weighted by Gasteiger charge is -2.23. The zero-order valence-corrected chi connectivity index (χ0v) is 19.4. The fourth-order valence-electron chi connectivity index (χ4n) is 4.40. The Bertz CT molecular complexity index is 1500. The van der Waals surface area contributed by atoms with Crippen molar-refractivity contribution in [1.82, 2.24) is 24.3 Å². The summed E-state index contributed by atoms with van der Waals surface area (Å²) in [6.45, 7) is 1.96. The van der Waals surface area contributed by atoms with E-state index >= 15 is 0 Å². The quantitative estimate of drug-likeness (QED) is 0.380. The summed E-state index contributed by atoms with van der Waals surface area (Å²) in [7, 11) is 0. The lowest BCUT2D eigenvalue weighted by Crippen LogP contribution is -2.33. The van der Waals surface area contributed by atoms with Crippen molar-refractivity contribution in [2.24, 2.45) is 0 Å². The number of nitrogens with two attached hydrogens (primary N) is 1. The van der Waals surface area contributed by atoms with Gasteiger partial charge >= 0.3 is 0 Å². The topological polar surface area (TPSA) is 139 Å². The van der Waals surface area contributed by atoms with Crippen LogP contribution in [0, 0.1) is 11.8 Å². The van der Waals surface area contributed by atoms with E-state index in [2.05, 4.69) is 27.1 Å². The average Bonchev–Trinajstić information content (AvgIpc) is 3.46. The second kappa shape index (κ2) is 9.48. The van der Waals surface area contributed by atoms with Gasteiger partial charge in [0.1, 0.15) is 34.7 Å². The van der Waals surface area contributed by atoms with Crippen molar-refractivity contribution in [3.63, 3.8) is 0 Å². The molecule has 4 N–H and O–H groups in total. The van der Waals surface area contributed by atoms with Gasteiger partial charge in [-0.15, -0.1) is 0 Å². The van der Waals surface area contributed by atoms with Crippen LogP contribution in [-0.2, 0) is 4.79 Å². The lowest BCUT2D eigenvalue weighted by molar-refractivity contribution is -0.127. The second-order valence-electron chi connectivity index (χ2n) is 8.27. The first-order chi connectivity index (χ1) is 17.5. The number of fused-ring (bicyclic) bond motifs is 1. The van der Waals surface area contributed by atoms with Crippen LogP contribution in [0.3, 0.4) is 0 Å². The van der Waals surface area contributed by atoms with Gasteiger partial charge in [-0.3, -0.25) is 14.0 Å². The van der Waals surface area contributed by atoms with E-state index in [1.807, 2.05) is 0 Å². The van der Waals surface area contributed by atoms with Gasteiger partial charge in [0.15, 0.2) is 0 Å². The van der Waals surface area contributed by atoms with Crippen LogP contribution in [0.15, 0.2) is 61.1 Å². The van der Waals surface area contributed by atoms with Gasteiger partial charge in [0.25, 0.3) is 11.8 Å². The number of carbonyl (C=O) groups is 2. The molecule has 1 aliphatic heterocycles. The Morgan fingerprint density at radius 2 is 1.94 bits per heavy atom. The van der Waals surface area contributed by atoms with Crippen LogP contribution in [0.25, 0.3) is 16.8 Å². The number of hydrogen-bond donors (Lipinski definition) is 3. The number of benzene rings is 1. The van der Waals surface area contributed by atoms with Crippen molar-refractivity contribution in [3.8, 4) is 23.1 Å². The first-order valence-corrected chi connectivity index (χ1v) is 11.3. The van der Waals surface area contributed by atoms with E-state index < -0.39 is 12.1 Å². The Hall–Kier alpha value is -4.75. The maximum Gasteiger partial charge on any atom is 0.299 e. The Morgan fingerprint density at radius 1 is 1.14 bits per heavy atom. The minimum atomic E-state index is -0.807. The molecule has 1 fully saturated rings. The zero-order valence-electron chi connectivity index (χ0n) is 19.4. The van der Waals surface area contributed by atoms with Gasteiger partial charge in [-0.1, -0.05) is 24.1 Å². The predicted molar refractivity (Wildman–Crippen MR) is 134 cm³/mol. The molecule has 0 aliphatic carbocycles. The highest BCUT2D eigenvalue weighted by molar-refractivity contribution is 6.04. The summed E-state index contributed by atoms with van der Waals surface area (Å²) in [5, 5.41) is 13.5. The number of aliphatic hydroxyl groups excluding tert-OH is 1. The van der Waals surface area contributed by atoms with E-state index in [-0.39, 0.29) is 17.6 Å². The Balaban J connectivity index is 1.53. The van der Waals surface area contributed by atoms with Gasteiger partial charge in [0.2, 0.25) is 0 Å². The number of aromatic nitrogens is 4. The highest BCUT2D eigenvalue weighted by Crippen LogP contribution is 2.36. The summed E-state index contributed by atoms with van der Waals surface area (Å²) in [4.78, 5) is 39.9. The monoisotopic (exact) mass is 481 g/mol. The van der Waals surface area contributed by atoms with Crippen LogP contribution >= 0.6 is 0 Å². The molecule has 4 heterocycles. The van der Waals surface area contributed by atoms with Gasteiger partial charge in [-0.25, -0.2) is 15.0 Å². The van der Waals surface area contributed by atoms with Gasteiger partial charge in [0.05, 0.1) is 6.10 Å². The van der Waals surface area contributed by atoms with Crippen LogP contribution in [-0.4, -0.2) is 53.8 Å². The Morgan fingerprint density at radius 3 is 2.67 bits per heavy atom. The van der Waals surface area contributed by atoms with Crippen molar-refractivity contribution in [1.29, 1.82) is 0 Å². The normalized spacial score (nSPS) is 17.0. The van der Waals surface area contributed by atoms with E-state index in [0.717, 1.165) is 0 Å². The predicted octanol–water partition coefficient (Wildman–Crippen LogP) is 2.28. The van der Waals surface area contributed by atoms with Gasteiger partial charge in [0, 0.05) is 36.3 Å². The molecule has 1 aromatic carbocycles. The van der Waals surface area contributed by atoms with Crippen LogP contribution in [0.2, 0.25) is 0 Å². The SMILES string of the molecule is CC#CC(=O)N1CC[C@H](O)[C@H]1c1nc(-c2ccc(C(=O)Nc3ccccn3)cc2)c2c(N)nccn12. The molecule has 0 saturated carbocycles. The lowest BCUT2D eigenvalue weighted by atomic mass is 10.1. The molecule has 10 nitrogen and oxygen atoms in total. The molecule has 0 bridgehead atoms. The van der Waals surface area contributed by atoms with Crippen molar-refractivity contribution >= 4 is 29.0 Å². The molecule has 4 aromatic rings. The number of nitrogens with zero attached hydrogens (tertiary/aromatic N) is 5. The van der Waals surface area contributed by atoms with Crippen molar-refractivity contribution in [2.75, 3.05) is 17.6 Å². The summed E-state index contributed by atoms with van der Waals surface area (Å²) < 4.78 is 1.75. The van der Waals surface area contributed by atoms with E-state index in [9.17, 15) is 14.7 Å². The first-order valence-electron chi connectivity index (χ1n) is 11.3. The second-order valence-corrected chi connectivity index (χ2v) is 8.27. The molecule has 2 amide bonds. The number of carbonyl (C=O) groups excluding carboxylic acids is 2. The molecule has 0 radical (unpaired) electrons. The number of anilines is 2. The maximum absolute atomic E-state index is 12.6. The van der Waals surface area contributed by atoms with Gasteiger partial charge < -0.3 is 21.1 Å². The molecule has 1 aliphatic rings. The van der Waals surface area contributed by atoms with Crippen molar-refractivity contribution in [3.05, 3.63) is 72.4 Å². The third kappa shape index (κ3) is 4.12. The number of imidazole rings is 1. The minimum absolute atomic E-state index is 0.252. The third-order valence-corrected chi connectivity index (χ3v) is 6.06. The van der Waals surface area contributed by atoms with Crippen molar-refractivity contribution < 1.29 is 14.7 Å². The summed E-state index contributed by atoms with van der Waals surface area (Å²) in [5.41, 5.74) is 8.46. The van der Waals surface area contributed by atoms with Crippen molar-refractivity contribution in [2.45, 2.75) is 25.5 Å². The third-order valence-electron chi connectivity index (χ3n) is 6.06. The Labute approximate surface area is 206 Å². The molecule has 36 heavy (non-hydrogen) atoms. The standard InChI is InChI=1S/C26H23N7O3/c1-2-5-20(35)32-14-11-18(34)22(32)25-31-21(23-24(27)29-13-15-33(23)25)16-7-9-17(10-8-16)26(36)30-19-6-3-4-12-28-19/h3-4,6-10,12-13,15,18,22,34H,11,14H2,1H3,(H2,27,29)(H,28,30,36)/t18-,22-/m0/s1. The van der Waals surface area contributed by atoms with Crippen LogP contribution < -0.4 is 11.1 Å². The summed E-state index contributed by atoms with van der Waals surface area (Å²) in [6.07, 6.45) is 4.45. The zero-order chi connectivity index (χ0) is 25.2. The molecular formula is C26H23N7O3. The van der Waals surface area contributed by atoms with Crippen LogP contribution in [0.4, 0.5) is 11.6 Å². The average molecular weight is 482 g/mol. The maximum atomic E-state index is 12.6. The minimum Gasteiger partial charge on any atom is -0.390 e. The number of nitrogens with one attached hydrogen (secondary N) is 1. The number of amides is 2. The molecule has 1 saturated heterocycles. The highest BCUT2D eigenvalue weighted by atomic mass is 16.3. The number of pyridine rings is 1. The van der Waals surface area contributed by atoms with E-state index in [1.54, 1.807) is 72.4 Å². The van der Waals surface area contributed by atoms with E-state index in [0.29, 0.717) is 46.9 Å². The van der Waals surface area contributed by atoms with Crippen LogP contribution in [0.1, 0.15) is 35.6 Å². The molecule has 180 valence electrons. The van der Waals surface area contributed by atoms with Crippen LogP contribution in [0.5, 0.6) is 0 Å². The first kappa shape index (κ1) is 23.0. The molecule has 5 rings (SSSR count). The summed E-state index contributed by atoms with van der Waals surface area (Å²) in [6, 6.07) is 11.5. The number of aliphatic hydroxyl groups is 1. The molecule has 3 aromatic heterocycles. The molecular weight excluding hydrogens is 458 g/mol. The summed E-state index contributed by atoms with van der Waals surface area (Å²) >= 11 is 0. The van der Waals surface area contributed by atoms with Gasteiger partial charge in [-0.2, -0.15) is 0 Å². The smallest absolute Gasteiger partial charge is 0.299 e. The Kier molecular flexibility index (Phi) is 6.06. The van der Waals surface area contributed by atoms with E-state index in [1.165, 1.54) is 4.90 Å². The van der Waals surface area contributed by atoms with E-state index in [4.69, 9.17) is 10.7 Å². The number of nitrogen functional groups attached to an aromatic ring is 1. The van der Waals surface area contributed by atoms with Gasteiger partial charge in [-0.05, 0) is 43.5 Å². The molecule has 0 spiro atoms. The fourth-order valence-corrected chi connectivity index (χ4v) is 4.40. The summed E-state index contributed by atoms with van der Waals surface area (Å²) in [5.74, 6) is 5.67. The largest absolute Gasteiger partial charge is 0.390 e. The number of likely N-dealkylation sites (tertiary alicyclic amines) is 1. The fraction of sp³-hybridized carbons (Fsp3) is 0.192. The molecule has 0 unspecified atom stereocenters. The number of rotatable bonds is 4. The highest BCUT2D eigenvalue weighted by Gasteiger charge is 2.40.